The van der Waals surface area contributed by atoms with Crippen LogP contribution in [0.15, 0.2) is 36.4 Å². The highest BCUT2D eigenvalue weighted by atomic mass is 19.1. The van der Waals surface area contributed by atoms with Gasteiger partial charge in [-0.15, -0.1) is 0 Å². The van der Waals surface area contributed by atoms with Crippen LogP contribution in [0.2, 0.25) is 0 Å². The summed E-state index contributed by atoms with van der Waals surface area (Å²) in [4.78, 5) is 0. The standard InChI is InChI=1S/C18H22FN/c1-12-8-13(2)17(14(3)9-12)11-16(20)10-15-6-4-5-7-18(15)19/h4-9,16H,10-11,20H2,1-3H3. The molecule has 0 aromatic heterocycles. The summed E-state index contributed by atoms with van der Waals surface area (Å²) in [6, 6.07) is 11.2. The monoisotopic (exact) mass is 271 g/mol. The van der Waals surface area contributed by atoms with Crippen LogP contribution in [0, 0.1) is 26.6 Å². The van der Waals surface area contributed by atoms with E-state index in [1.54, 1.807) is 6.07 Å². The second-order valence-corrected chi connectivity index (χ2v) is 5.64. The summed E-state index contributed by atoms with van der Waals surface area (Å²) in [6.45, 7) is 6.33. The largest absolute Gasteiger partial charge is 0.327 e. The van der Waals surface area contributed by atoms with Crippen molar-refractivity contribution in [2.24, 2.45) is 5.73 Å². The van der Waals surface area contributed by atoms with Gasteiger partial charge in [0.25, 0.3) is 0 Å². The quantitative estimate of drug-likeness (QED) is 0.897. The van der Waals surface area contributed by atoms with Gasteiger partial charge in [0.05, 0.1) is 0 Å². The Bertz CT molecular complexity index is 581. The molecule has 0 saturated carbocycles. The number of aryl methyl sites for hydroxylation is 3. The van der Waals surface area contributed by atoms with Crippen LogP contribution in [0.5, 0.6) is 0 Å². The lowest BCUT2D eigenvalue weighted by atomic mass is 9.92. The van der Waals surface area contributed by atoms with Crippen LogP contribution >= 0.6 is 0 Å². The van der Waals surface area contributed by atoms with Crippen LogP contribution in [0.25, 0.3) is 0 Å². The number of halogens is 1. The van der Waals surface area contributed by atoms with Crippen molar-refractivity contribution in [1.82, 2.24) is 0 Å². The number of rotatable bonds is 4. The molecular weight excluding hydrogens is 249 g/mol. The molecule has 2 aromatic rings. The lowest BCUT2D eigenvalue weighted by Crippen LogP contribution is -2.26. The van der Waals surface area contributed by atoms with Gasteiger partial charge < -0.3 is 5.73 Å². The SMILES string of the molecule is Cc1cc(C)c(CC(N)Cc2ccccc2F)c(C)c1. The Morgan fingerprint density at radius 1 is 1.00 bits per heavy atom. The lowest BCUT2D eigenvalue weighted by Gasteiger charge is -2.17. The van der Waals surface area contributed by atoms with Crippen molar-refractivity contribution >= 4 is 0 Å². The van der Waals surface area contributed by atoms with Crippen LogP contribution in [-0.2, 0) is 12.8 Å². The fourth-order valence-corrected chi connectivity index (χ4v) is 2.81. The molecule has 0 spiro atoms. The van der Waals surface area contributed by atoms with E-state index in [1.807, 2.05) is 12.1 Å². The highest BCUT2D eigenvalue weighted by molar-refractivity contribution is 5.38. The van der Waals surface area contributed by atoms with Crippen LogP contribution in [0.4, 0.5) is 4.39 Å². The Labute approximate surface area is 120 Å². The first-order valence-electron chi connectivity index (χ1n) is 7.03. The Morgan fingerprint density at radius 3 is 2.20 bits per heavy atom. The number of hydrogen-bond donors (Lipinski definition) is 1. The van der Waals surface area contributed by atoms with Crippen molar-refractivity contribution < 1.29 is 4.39 Å². The Kier molecular flexibility index (Phi) is 4.56. The van der Waals surface area contributed by atoms with Crippen LogP contribution in [0.3, 0.4) is 0 Å². The summed E-state index contributed by atoms with van der Waals surface area (Å²) in [5, 5.41) is 0. The molecule has 0 aliphatic carbocycles. The van der Waals surface area contributed by atoms with Gasteiger partial charge in [0.1, 0.15) is 5.82 Å². The van der Waals surface area contributed by atoms with E-state index in [0.29, 0.717) is 12.0 Å². The first kappa shape index (κ1) is 14.7. The fraction of sp³-hybridized carbons (Fsp3) is 0.333. The van der Waals surface area contributed by atoms with Crippen LogP contribution in [-0.4, -0.2) is 6.04 Å². The van der Waals surface area contributed by atoms with Crippen LogP contribution in [0.1, 0.15) is 27.8 Å². The average Bonchev–Trinajstić information content (AvgIpc) is 2.36. The normalized spacial score (nSPS) is 12.4. The summed E-state index contributed by atoms with van der Waals surface area (Å²) in [6.07, 6.45) is 1.35. The minimum atomic E-state index is -0.166. The van der Waals surface area contributed by atoms with Gasteiger partial charge in [0.2, 0.25) is 0 Å². The van der Waals surface area contributed by atoms with Gasteiger partial charge in [-0.3, -0.25) is 0 Å². The third kappa shape index (κ3) is 3.45. The summed E-state index contributed by atoms with van der Waals surface area (Å²) in [7, 11) is 0. The predicted octanol–water partition coefficient (Wildman–Crippen LogP) is 3.86. The minimum absolute atomic E-state index is 0.0630. The molecule has 0 fully saturated rings. The molecule has 0 radical (unpaired) electrons. The van der Waals surface area contributed by atoms with Gasteiger partial charge >= 0.3 is 0 Å². The van der Waals surface area contributed by atoms with Gasteiger partial charge in [-0.1, -0.05) is 35.9 Å². The van der Waals surface area contributed by atoms with Gasteiger partial charge in [-0.2, -0.15) is 0 Å². The van der Waals surface area contributed by atoms with E-state index in [1.165, 1.54) is 28.3 Å². The molecule has 2 N–H and O–H groups in total. The van der Waals surface area contributed by atoms with Crippen molar-refractivity contribution in [1.29, 1.82) is 0 Å². The fourth-order valence-electron chi connectivity index (χ4n) is 2.81. The second kappa shape index (κ2) is 6.19. The first-order chi connectivity index (χ1) is 9.47. The third-order valence-electron chi connectivity index (χ3n) is 3.75. The molecule has 0 heterocycles. The van der Waals surface area contributed by atoms with Crippen molar-refractivity contribution in [3.05, 3.63) is 70.0 Å². The molecule has 1 nitrogen and oxygen atoms in total. The molecule has 2 heteroatoms. The van der Waals surface area contributed by atoms with E-state index in [0.717, 1.165) is 6.42 Å². The maximum absolute atomic E-state index is 13.6. The topological polar surface area (TPSA) is 26.0 Å². The van der Waals surface area contributed by atoms with Crippen molar-refractivity contribution in [2.75, 3.05) is 0 Å². The van der Waals surface area contributed by atoms with Crippen LogP contribution < -0.4 is 5.73 Å². The molecule has 2 aromatic carbocycles. The van der Waals surface area contributed by atoms with E-state index >= 15 is 0 Å². The zero-order valence-electron chi connectivity index (χ0n) is 12.4. The molecule has 1 atom stereocenters. The predicted molar refractivity (Wildman–Crippen MR) is 82.4 cm³/mol. The minimum Gasteiger partial charge on any atom is -0.327 e. The molecular formula is C18H22FN. The zero-order chi connectivity index (χ0) is 14.7. The van der Waals surface area contributed by atoms with Gasteiger partial charge in [-0.25, -0.2) is 4.39 Å². The molecule has 0 saturated heterocycles. The molecule has 106 valence electrons. The lowest BCUT2D eigenvalue weighted by molar-refractivity contribution is 0.583. The third-order valence-corrected chi connectivity index (χ3v) is 3.75. The Balaban J connectivity index is 2.13. The molecule has 2 rings (SSSR count). The molecule has 0 amide bonds. The van der Waals surface area contributed by atoms with Crippen molar-refractivity contribution in [3.63, 3.8) is 0 Å². The highest BCUT2D eigenvalue weighted by Crippen LogP contribution is 2.19. The smallest absolute Gasteiger partial charge is 0.126 e. The number of nitrogens with two attached hydrogens (primary N) is 1. The summed E-state index contributed by atoms with van der Waals surface area (Å²) in [5.74, 6) is -0.166. The maximum atomic E-state index is 13.6. The van der Waals surface area contributed by atoms with Gasteiger partial charge in [0, 0.05) is 6.04 Å². The summed E-state index contributed by atoms with van der Waals surface area (Å²) in [5.41, 5.74) is 12.0. The van der Waals surface area contributed by atoms with E-state index < -0.39 is 0 Å². The van der Waals surface area contributed by atoms with E-state index in [2.05, 4.69) is 32.9 Å². The average molecular weight is 271 g/mol. The molecule has 0 aliphatic heterocycles. The molecule has 0 aliphatic rings. The molecule has 0 bridgehead atoms. The van der Waals surface area contributed by atoms with Gasteiger partial charge in [-0.05, 0) is 61.9 Å². The highest BCUT2D eigenvalue weighted by Gasteiger charge is 2.12. The molecule has 20 heavy (non-hydrogen) atoms. The van der Waals surface area contributed by atoms with E-state index in [9.17, 15) is 4.39 Å². The number of hydrogen-bond acceptors (Lipinski definition) is 1. The first-order valence-corrected chi connectivity index (χ1v) is 7.03. The Morgan fingerprint density at radius 2 is 1.60 bits per heavy atom. The van der Waals surface area contributed by atoms with Gasteiger partial charge in [0.15, 0.2) is 0 Å². The second-order valence-electron chi connectivity index (χ2n) is 5.64. The van der Waals surface area contributed by atoms with E-state index in [-0.39, 0.29) is 11.9 Å². The zero-order valence-corrected chi connectivity index (χ0v) is 12.4. The maximum Gasteiger partial charge on any atom is 0.126 e. The summed E-state index contributed by atoms with van der Waals surface area (Å²) >= 11 is 0. The summed E-state index contributed by atoms with van der Waals surface area (Å²) < 4.78 is 13.6. The Hall–Kier alpha value is -1.67. The molecule has 1 unspecified atom stereocenters. The van der Waals surface area contributed by atoms with Crippen molar-refractivity contribution in [3.8, 4) is 0 Å². The number of benzene rings is 2. The van der Waals surface area contributed by atoms with Crippen molar-refractivity contribution in [2.45, 2.75) is 39.7 Å². The van der Waals surface area contributed by atoms with E-state index in [4.69, 9.17) is 5.73 Å².